The first-order valence-corrected chi connectivity index (χ1v) is 12.1. The van der Waals surface area contributed by atoms with Crippen molar-refractivity contribution in [1.82, 2.24) is 30.0 Å². The van der Waals surface area contributed by atoms with E-state index in [4.69, 9.17) is 9.72 Å². The predicted octanol–water partition coefficient (Wildman–Crippen LogP) is 3.60. The highest BCUT2D eigenvalue weighted by atomic mass is 79.9. The number of amides is 1. The Balaban J connectivity index is 1.23. The molecule has 1 saturated carbocycles. The summed E-state index contributed by atoms with van der Waals surface area (Å²) >= 11 is 3.55. The maximum atomic E-state index is 12.5. The summed E-state index contributed by atoms with van der Waals surface area (Å²) < 4.78 is 7.72. The smallest absolute Gasteiger partial charge is 0.223 e. The minimum absolute atomic E-state index is 0.0743. The molecule has 0 radical (unpaired) electrons. The fourth-order valence-electron chi connectivity index (χ4n) is 4.77. The number of ether oxygens (including phenoxy) is 1. The van der Waals surface area contributed by atoms with Crippen molar-refractivity contribution in [1.29, 1.82) is 0 Å². The SMILES string of the molecule is O=C(NC1COC1)[C@@H]1CC[C@@H](Cc2ncc3c(Br)nn(-c4ccc5ncccc5c4)c3n2)C1. The van der Waals surface area contributed by atoms with Gasteiger partial charge < -0.3 is 10.1 Å². The Morgan fingerprint density at radius 2 is 2.12 bits per heavy atom. The number of hydrogen-bond acceptors (Lipinski definition) is 6. The largest absolute Gasteiger partial charge is 0.377 e. The lowest BCUT2D eigenvalue weighted by Gasteiger charge is -2.28. The number of benzene rings is 1. The lowest BCUT2D eigenvalue weighted by molar-refractivity contribution is -0.129. The first kappa shape index (κ1) is 20.7. The molecule has 1 N–H and O–H groups in total. The predicted molar refractivity (Wildman–Crippen MR) is 127 cm³/mol. The van der Waals surface area contributed by atoms with Crippen LogP contribution in [0.1, 0.15) is 25.1 Å². The Hall–Kier alpha value is -2.91. The van der Waals surface area contributed by atoms with Crippen LogP contribution in [0.4, 0.5) is 0 Å². The number of nitrogens with one attached hydrogen (secondary N) is 1. The highest BCUT2D eigenvalue weighted by molar-refractivity contribution is 9.10. The molecule has 33 heavy (non-hydrogen) atoms. The average Bonchev–Trinajstić information content (AvgIpc) is 3.40. The average molecular weight is 507 g/mol. The molecular weight excluding hydrogens is 484 g/mol. The van der Waals surface area contributed by atoms with E-state index < -0.39 is 0 Å². The van der Waals surface area contributed by atoms with Crippen molar-refractivity contribution in [2.45, 2.75) is 31.7 Å². The van der Waals surface area contributed by atoms with Crippen LogP contribution in [-0.4, -0.2) is 49.9 Å². The number of fused-ring (bicyclic) bond motifs is 2. The maximum absolute atomic E-state index is 12.5. The standard InChI is InChI=1S/C24H23BrN6O2/c25-22-19-11-27-21(9-14-3-4-16(8-14)24(32)28-17-12-33-13-17)29-23(19)31(30-22)18-5-6-20-15(10-18)2-1-7-26-20/h1-2,5-7,10-11,14,16-17H,3-4,8-9,12-13H2,(H,28,32)/t14-,16-/m1/s1. The zero-order chi connectivity index (χ0) is 22.4. The molecule has 2 atom stereocenters. The Morgan fingerprint density at radius 3 is 2.97 bits per heavy atom. The molecule has 0 unspecified atom stereocenters. The van der Waals surface area contributed by atoms with Gasteiger partial charge in [0.15, 0.2) is 5.65 Å². The van der Waals surface area contributed by atoms with Crippen LogP contribution < -0.4 is 5.32 Å². The van der Waals surface area contributed by atoms with Gasteiger partial charge >= 0.3 is 0 Å². The van der Waals surface area contributed by atoms with E-state index >= 15 is 0 Å². The maximum Gasteiger partial charge on any atom is 0.223 e. The highest BCUT2D eigenvalue weighted by Crippen LogP contribution is 2.34. The second kappa shape index (κ2) is 8.46. The quantitative estimate of drug-likeness (QED) is 0.444. The van der Waals surface area contributed by atoms with E-state index in [1.165, 1.54) is 0 Å². The first-order chi connectivity index (χ1) is 16.1. The van der Waals surface area contributed by atoms with E-state index in [9.17, 15) is 4.79 Å². The van der Waals surface area contributed by atoms with Crippen molar-refractivity contribution in [2.75, 3.05) is 13.2 Å². The molecule has 2 fully saturated rings. The molecular formula is C24H23BrN6O2. The van der Waals surface area contributed by atoms with Gasteiger partial charge in [0.05, 0.1) is 35.8 Å². The summed E-state index contributed by atoms with van der Waals surface area (Å²) in [6.45, 7) is 1.26. The van der Waals surface area contributed by atoms with Crippen LogP contribution >= 0.6 is 15.9 Å². The fraction of sp³-hybridized carbons (Fsp3) is 0.375. The van der Waals surface area contributed by atoms with E-state index in [1.54, 1.807) is 6.20 Å². The Bertz CT molecular complexity index is 1350. The summed E-state index contributed by atoms with van der Waals surface area (Å²) in [5, 5.41) is 9.68. The molecule has 6 rings (SSSR count). The van der Waals surface area contributed by atoms with Gasteiger partial charge in [0, 0.05) is 30.1 Å². The molecule has 1 saturated heterocycles. The third-order valence-electron chi connectivity index (χ3n) is 6.63. The molecule has 1 amide bonds. The molecule has 2 aliphatic rings. The molecule has 8 nitrogen and oxygen atoms in total. The van der Waals surface area contributed by atoms with Crippen molar-refractivity contribution in [2.24, 2.45) is 11.8 Å². The van der Waals surface area contributed by atoms with Crippen molar-refractivity contribution < 1.29 is 9.53 Å². The number of nitrogens with zero attached hydrogens (tertiary/aromatic N) is 5. The molecule has 0 bridgehead atoms. The summed E-state index contributed by atoms with van der Waals surface area (Å²) in [5.74, 6) is 1.43. The molecule has 168 valence electrons. The molecule has 9 heteroatoms. The van der Waals surface area contributed by atoms with Gasteiger partial charge in [0.1, 0.15) is 10.4 Å². The van der Waals surface area contributed by atoms with Crippen LogP contribution in [0.25, 0.3) is 27.6 Å². The number of carbonyl (C=O) groups is 1. The molecule has 3 aromatic heterocycles. The molecule has 1 aliphatic carbocycles. The first-order valence-electron chi connectivity index (χ1n) is 11.3. The van der Waals surface area contributed by atoms with Crippen molar-refractivity contribution in [3.63, 3.8) is 0 Å². The summed E-state index contributed by atoms with van der Waals surface area (Å²) in [5.41, 5.74) is 2.64. The van der Waals surface area contributed by atoms with Gasteiger partial charge in [-0.15, -0.1) is 0 Å². The van der Waals surface area contributed by atoms with Crippen LogP contribution in [-0.2, 0) is 16.0 Å². The minimum Gasteiger partial charge on any atom is -0.377 e. The summed E-state index contributed by atoms with van der Waals surface area (Å²) in [7, 11) is 0. The molecule has 1 aliphatic heterocycles. The number of pyridine rings is 1. The summed E-state index contributed by atoms with van der Waals surface area (Å²) in [4.78, 5) is 26.4. The van der Waals surface area contributed by atoms with E-state index in [0.717, 1.165) is 59.1 Å². The minimum atomic E-state index is 0.0743. The van der Waals surface area contributed by atoms with Gasteiger partial charge in [-0.25, -0.2) is 14.6 Å². The monoisotopic (exact) mass is 506 g/mol. The zero-order valence-corrected chi connectivity index (χ0v) is 19.5. The molecule has 4 aromatic rings. The second-order valence-electron chi connectivity index (χ2n) is 8.93. The van der Waals surface area contributed by atoms with Crippen LogP contribution in [0.2, 0.25) is 0 Å². The number of rotatable bonds is 5. The van der Waals surface area contributed by atoms with Gasteiger partial charge in [0.25, 0.3) is 0 Å². The number of carbonyl (C=O) groups excluding carboxylic acids is 1. The normalized spacial score (nSPS) is 20.9. The summed E-state index contributed by atoms with van der Waals surface area (Å²) in [6.07, 6.45) is 7.20. The van der Waals surface area contributed by atoms with Gasteiger partial charge in [-0.2, -0.15) is 5.10 Å². The Kier molecular flexibility index (Phi) is 5.30. The zero-order valence-electron chi connectivity index (χ0n) is 17.9. The number of aromatic nitrogens is 5. The lowest BCUT2D eigenvalue weighted by Crippen LogP contribution is -2.50. The van der Waals surface area contributed by atoms with Gasteiger partial charge in [0.2, 0.25) is 5.91 Å². The number of hydrogen-bond donors (Lipinski definition) is 1. The van der Waals surface area contributed by atoms with Gasteiger partial charge in [-0.1, -0.05) is 6.07 Å². The third kappa shape index (κ3) is 4.00. The van der Waals surface area contributed by atoms with Crippen LogP contribution in [0.5, 0.6) is 0 Å². The molecule has 1 aromatic carbocycles. The molecule has 0 spiro atoms. The van der Waals surface area contributed by atoms with E-state index in [-0.39, 0.29) is 17.9 Å². The third-order valence-corrected chi connectivity index (χ3v) is 7.21. The lowest BCUT2D eigenvalue weighted by atomic mass is 10.0. The van der Waals surface area contributed by atoms with E-state index in [1.807, 2.05) is 35.1 Å². The van der Waals surface area contributed by atoms with Gasteiger partial charge in [-0.05, 0) is 65.4 Å². The van der Waals surface area contributed by atoms with Crippen molar-refractivity contribution in [3.05, 3.63) is 53.2 Å². The van der Waals surface area contributed by atoms with Gasteiger partial charge in [-0.3, -0.25) is 9.78 Å². The van der Waals surface area contributed by atoms with Crippen LogP contribution in [0.3, 0.4) is 0 Å². The highest BCUT2D eigenvalue weighted by Gasteiger charge is 2.32. The fourth-order valence-corrected chi connectivity index (χ4v) is 5.21. The second-order valence-corrected chi connectivity index (χ2v) is 9.68. The van der Waals surface area contributed by atoms with E-state index in [0.29, 0.717) is 23.7 Å². The van der Waals surface area contributed by atoms with E-state index in [2.05, 4.69) is 42.4 Å². The molecule has 4 heterocycles. The van der Waals surface area contributed by atoms with Crippen LogP contribution in [0, 0.1) is 11.8 Å². The Labute approximate surface area is 198 Å². The number of halogens is 1. The van der Waals surface area contributed by atoms with Crippen molar-refractivity contribution >= 4 is 43.8 Å². The Morgan fingerprint density at radius 1 is 1.21 bits per heavy atom. The topological polar surface area (TPSA) is 94.8 Å². The van der Waals surface area contributed by atoms with Crippen molar-refractivity contribution in [3.8, 4) is 5.69 Å². The van der Waals surface area contributed by atoms with Crippen LogP contribution in [0.15, 0.2) is 47.3 Å². The summed E-state index contributed by atoms with van der Waals surface area (Å²) in [6, 6.07) is 10.2.